The van der Waals surface area contributed by atoms with Crippen molar-refractivity contribution in [2.24, 2.45) is 0 Å². The van der Waals surface area contributed by atoms with Gasteiger partial charge in [-0.2, -0.15) is 0 Å². The van der Waals surface area contributed by atoms with Crippen LogP contribution < -0.4 is 0 Å². The lowest BCUT2D eigenvalue weighted by molar-refractivity contribution is 1.05. The van der Waals surface area contributed by atoms with Crippen LogP contribution in [0.25, 0.3) is 77.4 Å². The predicted molar refractivity (Wildman–Crippen MR) is 184 cm³/mol. The molecule has 6 aromatic carbocycles. The molecule has 0 aliphatic carbocycles. The second-order valence-corrected chi connectivity index (χ2v) is 11.3. The molecule has 0 aliphatic heterocycles. The zero-order valence-electron chi connectivity index (χ0n) is 23.9. The van der Waals surface area contributed by atoms with Crippen molar-refractivity contribution < 1.29 is 0 Å². The molecule has 9 rings (SSSR count). The van der Waals surface area contributed by atoms with E-state index in [9.17, 15) is 0 Å². The monoisotopic (exact) mass is 561 g/mol. The lowest BCUT2D eigenvalue weighted by atomic mass is 10.0. The zero-order valence-corrected chi connectivity index (χ0v) is 23.9. The fraction of sp³-hybridized carbons (Fsp3) is 0. The van der Waals surface area contributed by atoms with Gasteiger partial charge in [-0.3, -0.25) is 0 Å². The summed E-state index contributed by atoms with van der Waals surface area (Å²) in [5.74, 6) is 0.902. The predicted octanol–water partition coefficient (Wildman–Crippen LogP) is 10.6. The molecule has 0 amide bonds. The topological polar surface area (TPSA) is 22.8 Å². The van der Waals surface area contributed by atoms with Gasteiger partial charge in [0.25, 0.3) is 0 Å². The molecule has 3 heterocycles. The Hall–Kier alpha value is -5.93. The Labute approximate surface area is 254 Å². The highest BCUT2D eigenvalue weighted by molar-refractivity contribution is 6.18. The van der Waals surface area contributed by atoms with Gasteiger partial charge in [0.1, 0.15) is 5.82 Å². The molecule has 3 aromatic heterocycles. The Morgan fingerprint density at radius 3 is 1.89 bits per heavy atom. The molecule has 3 heteroatoms. The average molecular weight is 562 g/mol. The molecule has 3 nitrogen and oxygen atoms in total. The average Bonchev–Trinajstić information content (AvgIpc) is 3.68. The SMILES string of the molecule is c1ccc(-c2cc(-c3ccccc3)nc(-n3ccc4c5cc6c(cc5ccc43)c3ccccc3n6-c3ccccc3)c2)cc1. The van der Waals surface area contributed by atoms with Crippen LogP contribution in [0.15, 0.2) is 164 Å². The minimum absolute atomic E-state index is 0.902. The molecular formula is C41H27N3. The molecule has 0 saturated heterocycles. The van der Waals surface area contributed by atoms with Crippen LogP contribution in [0.3, 0.4) is 0 Å². The largest absolute Gasteiger partial charge is 0.309 e. The Morgan fingerprint density at radius 1 is 0.409 bits per heavy atom. The lowest BCUT2D eigenvalue weighted by Gasteiger charge is -2.12. The van der Waals surface area contributed by atoms with Crippen LogP contribution in [0.2, 0.25) is 0 Å². The van der Waals surface area contributed by atoms with Gasteiger partial charge in [-0.25, -0.2) is 4.98 Å². The van der Waals surface area contributed by atoms with E-state index in [-0.39, 0.29) is 0 Å². The Bertz CT molecular complexity index is 2410. The quantitative estimate of drug-likeness (QED) is 0.210. The molecule has 0 fully saturated rings. The van der Waals surface area contributed by atoms with Crippen molar-refractivity contribution in [3.63, 3.8) is 0 Å². The second-order valence-electron chi connectivity index (χ2n) is 11.3. The third-order valence-corrected chi connectivity index (χ3v) is 8.73. The molecule has 44 heavy (non-hydrogen) atoms. The number of hydrogen-bond donors (Lipinski definition) is 0. The summed E-state index contributed by atoms with van der Waals surface area (Å²) in [7, 11) is 0. The van der Waals surface area contributed by atoms with Gasteiger partial charge in [0.05, 0.1) is 22.2 Å². The van der Waals surface area contributed by atoms with Gasteiger partial charge in [0, 0.05) is 33.6 Å². The number of benzene rings is 6. The number of nitrogens with zero attached hydrogens (tertiary/aromatic N) is 3. The zero-order chi connectivity index (χ0) is 29.0. The first-order chi connectivity index (χ1) is 21.8. The standard InChI is InChI=1S/C41H27N3/c1-4-12-28(13-5-1)31-25-37(29-14-6-2-7-15-29)42-41(26-31)43-23-22-34-35-27-40-36(24-30(35)20-21-38(34)43)33-18-10-11-19-39(33)44(40)32-16-8-3-9-17-32/h1-27H. The number of para-hydroxylation sites is 2. The Kier molecular flexibility index (Phi) is 5.50. The minimum atomic E-state index is 0.902. The fourth-order valence-corrected chi connectivity index (χ4v) is 6.66. The third kappa shape index (κ3) is 3.87. The van der Waals surface area contributed by atoms with Gasteiger partial charge in [-0.05, 0) is 76.5 Å². The van der Waals surface area contributed by atoms with E-state index >= 15 is 0 Å². The van der Waals surface area contributed by atoms with Crippen LogP contribution in [0.5, 0.6) is 0 Å². The van der Waals surface area contributed by atoms with Crippen molar-refractivity contribution in [2.45, 2.75) is 0 Å². The molecule has 206 valence electrons. The Balaban J connectivity index is 1.29. The molecule has 0 N–H and O–H groups in total. The molecule has 0 aliphatic rings. The maximum atomic E-state index is 5.19. The van der Waals surface area contributed by atoms with E-state index < -0.39 is 0 Å². The van der Waals surface area contributed by atoms with Gasteiger partial charge in [0.2, 0.25) is 0 Å². The molecular weight excluding hydrogens is 534 g/mol. The maximum absolute atomic E-state index is 5.19. The van der Waals surface area contributed by atoms with Gasteiger partial charge >= 0.3 is 0 Å². The van der Waals surface area contributed by atoms with Crippen LogP contribution >= 0.6 is 0 Å². The van der Waals surface area contributed by atoms with E-state index in [0.717, 1.165) is 33.8 Å². The highest BCUT2D eigenvalue weighted by Crippen LogP contribution is 2.38. The molecule has 0 spiro atoms. The van der Waals surface area contributed by atoms with Crippen molar-refractivity contribution in [1.82, 2.24) is 14.1 Å². The number of pyridine rings is 1. The first kappa shape index (κ1) is 24.6. The summed E-state index contributed by atoms with van der Waals surface area (Å²) in [6, 6.07) is 56.2. The molecule has 0 saturated carbocycles. The molecule has 0 atom stereocenters. The second kappa shape index (κ2) is 9.82. The van der Waals surface area contributed by atoms with E-state index in [1.165, 1.54) is 43.5 Å². The smallest absolute Gasteiger partial charge is 0.138 e. The highest BCUT2D eigenvalue weighted by atomic mass is 15.1. The summed E-state index contributed by atoms with van der Waals surface area (Å²) >= 11 is 0. The molecule has 9 aromatic rings. The van der Waals surface area contributed by atoms with Crippen molar-refractivity contribution in [1.29, 1.82) is 0 Å². The summed E-state index contributed by atoms with van der Waals surface area (Å²) in [5, 5.41) is 6.20. The highest BCUT2D eigenvalue weighted by Gasteiger charge is 2.16. The van der Waals surface area contributed by atoms with Crippen LogP contribution in [0.4, 0.5) is 0 Å². The van der Waals surface area contributed by atoms with E-state index in [1.807, 2.05) is 6.07 Å². The first-order valence-electron chi connectivity index (χ1n) is 15.0. The fourth-order valence-electron chi connectivity index (χ4n) is 6.66. The van der Waals surface area contributed by atoms with Gasteiger partial charge in [0.15, 0.2) is 0 Å². The number of fused-ring (bicyclic) bond motifs is 6. The summed E-state index contributed by atoms with van der Waals surface area (Å²) in [6.07, 6.45) is 2.16. The van der Waals surface area contributed by atoms with E-state index in [2.05, 4.69) is 167 Å². The minimum Gasteiger partial charge on any atom is -0.309 e. The third-order valence-electron chi connectivity index (χ3n) is 8.73. The first-order valence-corrected chi connectivity index (χ1v) is 15.0. The van der Waals surface area contributed by atoms with E-state index in [1.54, 1.807) is 0 Å². The van der Waals surface area contributed by atoms with Crippen LogP contribution in [-0.2, 0) is 0 Å². The van der Waals surface area contributed by atoms with Crippen molar-refractivity contribution in [3.8, 4) is 33.9 Å². The molecule has 0 bridgehead atoms. The number of rotatable bonds is 4. The van der Waals surface area contributed by atoms with Crippen molar-refractivity contribution in [2.75, 3.05) is 0 Å². The van der Waals surface area contributed by atoms with E-state index in [0.29, 0.717) is 0 Å². The normalized spacial score (nSPS) is 11.6. The van der Waals surface area contributed by atoms with Crippen molar-refractivity contribution in [3.05, 3.63) is 164 Å². The Morgan fingerprint density at radius 2 is 1.09 bits per heavy atom. The van der Waals surface area contributed by atoms with Gasteiger partial charge in [-0.1, -0.05) is 103 Å². The van der Waals surface area contributed by atoms with Crippen LogP contribution in [0, 0.1) is 0 Å². The van der Waals surface area contributed by atoms with Gasteiger partial charge in [-0.15, -0.1) is 0 Å². The number of aromatic nitrogens is 3. The lowest BCUT2D eigenvalue weighted by Crippen LogP contribution is -1.99. The van der Waals surface area contributed by atoms with Gasteiger partial charge < -0.3 is 9.13 Å². The summed E-state index contributed by atoms with van der Waals surface area (Å²) < 4.78 is 4.61. The number of hydrogen-bond acceptors (Lipinski definition) is 1. The summed E-state index contributed by atoms with van der Waals surface area (Å²) in [5.41, 5.74) is 9.10. The van der Waals surface area contributed by atoms with Crippen molar-refractivity contribution >= 4 is 43.5 Å². The van der Waals surface area contributed by atoms with Crippen LogP contribution in [0.1, 0.15) is 0 Å². The maximum Gasteiger partial charge on any atom is 0.138 e. The summed E-state index contributed by atoms with van der Waals surface area (Å²) in [6.45, 7) is 0. The summed E-state index contributed by atoms with van der Waals surface area (Å²) in [4.78, 5) is 5.19. The van der Waals surface area contributed by atoms with E-state index in [4.69, 9.17) is 4.98 Å². The molecule has 0 radical (unpaired) electrons. The van der Waals surface area contributed by atoms with Crippen LogP contribution in [-0.4, -0.2) is 14.1 Å². The molecule has 0 unspecified atom stereocenters.